The van der Waals surface area contributed by atoms with E-state index in [2.05, 4.69) is 28.7 Å². The van der Waals surface area contributed by atoms with E-state index in [4.69, 9.17) is 0 Å². The number of nitrogens with one attached hydrogen (secondary N) is 1. The Labute approximate surface area is 135 Å². The fourth-order valence-corrected chi connectivity index (χ4v) is 2.57. The molecule has 0 aliphatic carbocycles. The van der Waals surface area contributed by atoms with Crippen LogP contribution in [-0.4, -0.2) is 11.6 Å². The third-order valence-electron chi connectivity index (χ3n) is 3.74. The van der Waals surface area contributed by atoms with Crippen LogP contribution in [0.4, 0.5) is 0 Å². The molecule has 114 valence electrons. The van der Waals surface area contributed by atoms with Crippen LogP contribution in [0.3, 0.4) is 0 Å². The summed E-state index contributed by atoms with van der Waals surface area (Å²) in [6.45, 7) is 1.91. The number of carbonyl (C=O) groups is 1. The number of carbonyl (C=O) groups excluding carboxylic acids is 1. The topological polar surface area (TPSA) is 41.5 Å². The molecule has 3 rings (SSSR count). The van der Waals surface area contributed by atoms with E-state index in [1.807, 2.05) is 61.5 Å². The van der Waals surface area contributed by atoms with Gasteiger partial charge in [-0.15, -0.1) is 0 Å². The highest BCUT2D eigenvalue weighted by Gasteiger charge is 2.05. The average Bonchev–Trinajstić information content (AvgIpc) is 2.60. The largest absolute Gasteiger partial charge is 0.273 e. The van der Waals surface area contributed by atoms with Crippen molar-refractivity contribution in [1.82, 2.24) is 5.43 Å². The van der Waals surface area contributed by atoms with E-state index >= 15 is 0 Å². The van der Waals surface area contributed by atoms with Gasteiger partial charge in [0.1, 0.15) is 0 Å². The van der Waals surface area contributed by atoms with E-state index in [0.29, 0.717) is 6.42 Å². The van der Waals surface area contributed by atoms with Gasteiger partial charge in [-0.2, -0.15) is 5.10 Å². The molecule has 0 saturated heterocycles. The van der Waals surface area contributed by atoms with Crippen molar-refractivity contribution in [2.75, 3.05) is 0 Å². The van der Waals surface area contributed by atoms with Crippen LogP contribution in [0.1, 0.15) is 18.1 Å². The molecule has 0 aliphatic heterocycles. The quantitative estimate of drug-likeness (QED) is 0.576. The summed E-state index contributed by atoms with van der Waals surface area (Å²) in [5, 5.41) is 6.55. The van der Waals surface area contributed by atoms with Crippen molar-refractivity contribution < 1.29 is 4.79 Å². The van der Waals surface area contributed by atoms with E-state index in [1.54, 1.807) is 0 Å². The zero-order chi connectivity index (χ0) is 16.1. The first-order valence-corrected chi connectivity index (χ1v) is 7.59. The lowest BCUT2D eigenvalue weighted by atomic mass is 10.0. The predicted molar refractivity (Wildman–Crippen MR) is 94.4 cm³/mol. The molecule has 3 aromatic rings. The standard InChI is InChI=1S/C20H18N2O/c1-15(18-13-7-11-17-10-5-6-12-19(17)18)21-22-20(23)14-16-8-3-2-4-9-16/h2-13H,14H2,1H3,(H,22,23)/b21-15-. The molecule has 0 unspecified atom stereocenters. The highest BCUT2D eigenvalue weighted by molar-refractivity contribution is 6.09. The molecular weight excluding hydrogens is 284 g/mol. The predicted octanol–water partition coefficient (Wildman–Crippen LogP) is 3.92. The first-order valence-electron chi connectivity index (χ1n) is 7.59. The molecule has 0 bridgehead atoms. The van der Waals surface area contributed by atoms with Gasteiger partial charge in [0.15, 0.2) is 0 Å². The molecule has 3 nitrogen and oxygen atoms in total. The maximum absolute atomic E-state index is 12.0. The summed E-state index contributed by atoms with van der Waals surface area (Å²) in [6, 6.07) is 23.9. The van der Waals surface area contributed by atoms with Gasteiger partial charge in [-0.05, 0) is 23.3 Å². The lowest BCUT2D eigenvalue weighted by Gasteiger charge is -2.07. The fraction of sp³-hybridized carbons (Fsp3) is 0.100. The molecule has 0 saturated carbocycles. The van der Waals surface area contributed by atoms with Crippen LogP contribution in [0.25, 0.3) is 10.8 Å². The minimum Gasteiger partial charge on any atom is -0.273 e. The van der Waals surface area contributed by atoms with Gasteiger partial charge in [0.05, 0.1) is 12.1 Å². The second kappa shape index (κ2) is 6.88. The minimum atomic E-state index is -0.115. The monoisotopic (exact) mass is 302 g/mol. The lowest BCUT2D eigenvalue weighted by Crippen LogP contribution is -2.21. The van der Waals surface area contributed by atoms with Crippen molar-refractivity contribution in [3.05, 3.63) is 83.9 Å². The van der Waals surface area contributed by atoms with Gasteiger partial charge >= 0.3 is 0 Å². The first kappa shape index (κ1) is 15.0. The molecular formula is C20H18N2O. The molecule has 0 aromatic heterocycles. The third kappa shape index (κ3) is 3.64. The number of hydrogen-bond acceptors (Lipinski definition) is 2. The first-order chi connectivity index (χ1) is 11.2. The van der Waals surface area contributed by atoms with E-state index in [0.717, 1.165) is 27.6 Å². The van der Waals surface area contributed by atoms with Crippen LogP contribution in [0.15, 0.2) is 77.9 Å². The number of hydrogen-bond donors (Lipinski definition) is 1. The summed E-state index contributed by atoms with van der Waals surface area (Å²) in [4.78, 5) is 12.0. The zero-order valence-electron chi connectivity index (χ0n) is 13.0. The Morgan fingerprint density at radius 1 is 0.913 bits per heavy atom. The SMILES string of the molecule is C/C(=N/NC(=O)Cc1ccccc1)c1cccc2ccccc12. The second-order valence-electron chi connectivity index (χ2n) is 5.42. The summed E-state index contributed by atoms with van der Waals surface area (Å²) in [5.41, 5.74) is 5.44. The van der Waals surface area contributed by atoms with Gasteiger partial charge in [0.2, 0.25) is 5.91 Å². The van der Waals surface area contributed by atoms with Gasteiger partial charge in [0, 0.05) is 5.56 Å². The maximum atomic E-state index is 12.0. The zero-order valence-corrected chi connectivity index (χ0v) is 13.0. The van der Waals surface area contributed by atoms with Crippen LogP contribution in [0.2, 0.25) is 0 Å². The van der Waals surface area contributed by atoms with E-state index in [-0.39, 0.29) is 5.91 Å². The smallest absolute Gasteiger partial charge is 0.244 e. The lowest BCUT2D eigenvalue weighted by molar-refractivity contribution is -0.120. The maximum Gasteiger partial charge on any atom is 0.244 e. The molecule has 0 fully saturated rings. The number of nitrogens with zero attached hydrogens (tertiary/aromatic N) is 1. The van der Waals surface area contributed by atoms with Crippen LogP contribution < -0.4 is 5.43 Å². The van der Waals surface area contributed by atoms with Crippen LogP contribution in [0.5, 0.6) is 0 Å². The van der Waals surface area contributed by atoms with Gasteiger partial charge in [-0.25, -0.2) is 5.43 Å². The number of benzene rings is 3. The summed E-state index contributed by atoms with van der Waals surface area (Å²) in [6.07, 6.45) is 0.327. The van der Waals surface area contributed by atoms with E-state index < -0.39 is 0 Å². The van der Waals surface area contributed by atoms with Crippen molar-refractivity contribution in [2.24, 2.45) is 5.10 Å². The van der Waals surface area contributed by atoms with Gasteiger partial charge in [-0.1, -0.05) is 72.8 Å². The summed E-state index contributed by atoms with van der Waals surface area (Å²) in [7, 11) is 0. The number of hydrazone groups is 1. The van der Waals surface area contributed by atoms with Crippen molar-refractivity contribution >= 4 is 22.4 Å². The average molecular weight is 302 g/mol. The van der Waals surface area contributed by atoms with Crippen LogP contribution in [-0.2, 0) is 11.2 Å². The second-order valence-corrected chi connectivity index (χ2v) is 5.42. The summed E-state index contributed by atoms with van der Waals surface area (Å²) < 4.78 is 0. The van der Waals surface area contributed by atoms with Crippen molar-refractivity contribution in [2.45, 2.75) is 13.3 Å². The van der Waals surface area contributed by atoms with Crippen LogP contribution in [0, 0.1) is 0 Å². The van der Waals surface area contributed by atoms with Gasteiger partial charge in [0.25, 0.3) is 0 Å². The van der Waals surface area contributed by atoms with Crippen molar-refractivity contribution in [1.29, 1.82) is 0 Å². The van der Waals surface area contributed by atoms with Crippen molar-refractivity contribution in [3.63, 3.8) is 0 Å². The fourth-order valence-electron chi connectivity index (χ4n) is 2.57. The molecule has 0 heterocycles. The Bertz CT molecular complexity index is 848. The van der Waals surface area contributed by atoms with Gasteiger partial charge < -0.3 is 0 Å². The third-order valence-corrected chi connectivity index (χ3v) is 3.74. The number of rotatable bonds is 4. The minimum absolute atomic E-state index is 0.115. The molecule has 3 heteroatoms. The van der Waals surface area contributed by atoms with E-state index in [1.165, 1.54) is 0 Å². The Morgan fingerprint density at radius 2 is 1.61 bits per heavy atom. The normalized spacial score (nSPS) is 11.4. The molecule has 3 aromatic carbocycles. The Kier molecular flexibility index (Phi) is 4.48. The Hall–Kier alpha value is -2.94. The summed E-state index contributed by atoms with van der Waals surface area (Å²) in [5.74, 6) is -0.115. The molecule has 0 atom stereocenters. The molecule has 1 N–H and O–H groups in total. The molecule has 1 amide bonds. The van der Waals surface area contributed by atoms with E-state index in [9.17, 15) is 4.79 Å². The summed E-state index contributed by atoms with van der Waals surface area (Å²) >= 11 is 0. The van der Waals surface area contributed by atoms with Crippen molar-refractivity contribution in [3.8, 4) is 0 Å². The number of fused-ring (bicyclic) bond motifs is 1. The Morgan fingerprint density at radius 3 is 2.43 bits per heavy atom. The molecule has 23 heavy (non-hydrogen) atoms. The number of amides is 1. The molecule has 0 spiro atoms. The van der Waals surface area contributed by atoms with Gasteiger partial charge in [-0.3, -0.25) is 4.79 Å². The highest BCUT2D eigenvalue weighted by Crippen LogP contribution is 2.19. The Balaban J connectivity index is 1.75. The highest BCUT2D eigenvalue weighted by atomic mass is 16.2. The molecule has 0 aliphatic rings. The van der Waals surface area contributed by atoms with Crippen LogP contribution >= 0.6 is 0 Å². The molecule has 0 radical (unpaired) electrons.